The van der Waals surface area contributed by atoms with Crippen molar-refractivity contribution in [2.75, 3.05) is 0 Å². The van der Waals surface area contributed by atoms with Crippen molar-refractivity contribution in [2.24, 2.45) is 0 Å². The minimum atomic E-state index is -3.87. The van der Waals surface area contributed by atoms with Crippen LogP contribution < -0.4 is 9.44 Å². The number of nitrogens with zero attached hydrogens (tertiary/aromatic N) is 9. The van der Waals surface area contributed by atoms with Crippen molar-refractivity contribution in [1.29, 1.82) is 0 Å². The van der Waals surface area contributed by atoms with Crippen molar-refractivity contribution in [2.45, 2.75) is 121 Å². The minimum Gasteiger partial charge on any atom is -0.345 e. The maximum absolute atomic E-state index is 13.5. The molecule has 6 heterocycles. The summed E-state index contributed by atoms with van der Waals surface area (Å²) in [4.78, 5) is 12.6. The predicted octanol–water partition coefficient (Wildman–Crippen LogP) is 8.18. The number of fused-ring (bicyclic) bond motifs is 12. The Morgan fingerprint density at radius 2 is 1.04 bits per heavy atom. The summed E-state index contributed by atoms with van der Waals surface area (Å²) in [5, 5.41) is 18.7. The zero-order chi connectivity index (χ0) is 49.9. The van der Waals surface area contributed by atoms with Crippen molar-refractivity contribution in [3.05, 3.63) is 137 Å². The molecule has 0 amide bonds. The molecule has 0 unspecified atom stereocenters. The Bertz CT molecular complexity index is 3940. The molecule has 6 saturated carbocycles. The van der Waals surface area contributed by atoms with Crippen LogP contribution in [-0.4, -0.2) is 84.5 Å². The van der Waals surface area contributed by atoms with Gasteiger partial charge in [0.05, 0.1) is 38.1 Å². The molecular formula is C49H48Cl2N12O6S3. The minimum absolute atomic E-state index is 0.103. The number of hydrogen-bond acceptors (Lipinski definition) is 12. The Morgan fingerprint density at radius 3 is 1.54 bits per heavy atom. The number of aryl methyl sites for hydroxylation is 1. The topological polar surface area (TPSA) is 233 Å². The summed E-state index contributed by atoms with van der Waals surface area (Å²) in [7, 11) is -11.2. The molecule has 6 aliphatic rings. The fourth-order valence-electron chi connectivity index (χ4n) is 11.8. The second-order valence-corrected chi connectivity index (χ2v) is 26.1. The first-order chi connectivity index (χ1) is 34.4. The largest absolute Gasteiger partial charge is 0.345 e. The number of benzene rings is 3. The SMILES string of the molecule is Cc1ccc(S(=O)(=O)n2ccc3c2ncc2nnc(C45CCC(NS(=O)(=O)c6cccc(Cl)c6)(CC4)CC5)n23)cc1.O=S(=O)(NC12CCC(c3nnc4cnc5[nH]ccc5n34)(CC1)CC2)c1cccc(Cl)c1. The van der Waals surface area contributed by atoms with Gasteiger partial charge in [-0.1, -0.05) is 53.0 Å². The van der Waals surface area contributed by atoms with Gasteiger partial charge in [-0.15, -0.1) is 20.4 Å². The van der Waals surface area contributed by atoms with Gasteiger partial charge in [0.1, 0.15) is 11.6 Å². The molecule has 15 rings (SSSR count). The Labute approximate surface area is 424 Å². The monoisotopic (exact) mass is 1070 g/mol. The number of aromatic nitrogens is 10. The van der Waals surface area contributed by atoms with Gasteiger partial charge in [-0.25, -0.2) is 48.6 Å². The molecule has 6 aliphatic carbocycles. The van der Waals surface area contributed by atoms with E-state index >= 15 is 0 Å². The normalized spacial score (nSPS) is 24.3. The van der Waals surface area contributed by atoms with E-state index in [1.165, 1.54) is 22.3 Å². The molecule has 6 fully saturated rings. The van der Waals surface area contributed by atoms with Gasteiger partial charge < -0.3 is 4.98 Å². The van der Waals surface area contributed by atoms with Crippen LogP contribution in [0.1, 0.15) is 94.3 Å². The van der Waals surface area contributed by atoms with E-state index in [4.69, 9.17) is 23.2 Å². The summed E-state index contributed by atoms with van der Waals surface area (Å²) in [6, 6.07) is 23.2. The van der Waals surface area contributed by atoms with Crippen LogP contribution in [0.4, 0.5) is 0 Å². The molecule has 0 radical (unpaired) electrons. The van der Waals surface area contributed by atoms with E-state index in [9.17, 15) is 25.3 Å². The van der Waals surface area contributed by atoms with E-state index in [1.807, 2.05) is 23.6 Å². The van der Waals surface area contributed by atoms with Crippen LogP contribution >= 0.6 is 23.2 Å². The third-order valence-electron chi connectivity index (χ3n) is 15.9. The van der Waals surface area contributed by atoms with Crippen molar-refractivity contribution < 1.29 is 25.3 Å². The molecular weight excluding hydrogens is 1020 g/mol. The van der Waals surface area contributed by atoms with Crippen molar-refractivity contribution in [3.8, 4) is 0 Å². The van der Waals surface area contributed by atoms with Gasteiger partial charge in [0.25, 0.3) is 10.0 Å². The number of hydrogen-bond donors (Lipinski definition) is 3. The maximum atomic E-state index is 13.5. The zero-order valence-corrected chi connectivity index (χ0v) is 42.8. The molecule has 72 heavy (non-hydrogen) atoms. The van der Waals surface area contributed by atoms with E-state index in [0.29, 0.717) is 46.1 Å². The Balaban J connectivity index is 0.000000153. The lowest BCUT2D eigenvalue weighted by Crippen LogP contribution is -2.58. The van der Waals surface area contributed by atoms with Gasteiger partial charge in [0, 0.05) is 44.3 Å². The van der Waals surface area contributed by atoms with Gasteiger partial charge in [-0.05, 0) is 145 Å². The van der Waals surface area contributed by atoms with Crippen molar-refractivity contribution in [1.82, 2.24) is 57.6 Å². The Morgan fingerprint density at radius 1 is 0.556 bits per heavy atom. The van der Waals surface area contributed by atoms with E-state index in [1.54, 1.807) is 79.1 Å². The summed E-state index contributed by atoms with van der Waals surface area (Å²) in [6.45, 7) is 1.90. The third kappa shape index (κ3) is 7.81. The maximum Gasteiger partial charge on any atom is 0.269 e. The van der Waals surface area contributed by atoms with Crippen LogP contribution in [-0.2, 0) is 40.9 Å². The standard InChI is InChI=1S/C28H27ClN6O4S2.C21H21ClN6O2S/c1-19-5-7-21(8-6-19)41(38,39)34-16-9-23-25(34)30-18-24-31-32-26(35(23)24)27-10-13-28(14-11-27,15-12-27)33-40(36,37)22-4-2-3-20(29)17-22;22-14-2-1-3-15(12-14)31(29,30)27-21-8-5-20(6-9-21,7-10-21)19-26-25-17-13-24-18-16(28(17)19)4-11-23-18/h2-9,16-18,33H,10-15H2,1H3;1-4,11-13,23,27H,5-10H2. The van der Waals surface area contributed by atoms with Crippen LogP contribution in [0.5, 0.6) is 0 Å². The van der Waals surface area contributed by atoms with Gasteiger partial charge >= 0.3 is 0 Å². The highest BCUT2D eigenvalue weighted by Gasteiger charge is 2.54. The van der Waals surface area contributed by atoms with Crippen LogP contribution in [0.3, 0.4) is 0 Å². The Kier molecular flexibility index (Phi) is 11.1. The number of rotatable bonds is 10. The first-order valence-electron chi connectivity index (χ1n) is 23.7. The molecule has 372 valence electrons. The van der Waals surface area contributed by atoms with E-state index < -0.39 is 41.1 Å². The number of aromatic amines is 1. The highest BCUT2D eigenvalue weighted by atomic mass is 35.5. The first kappa shape index (κ1) is 47.2. The molecule has 0 atom stereocenters. The average Bonchev–Trinajstić information content (AvgIpc) is 4.21. The average molecular weight is 1070 g/mol. The van der Waals surface area contributed by atoms with Gasteiger partial charge in [0.15, 0.2) is 22.6 Å². The highest BCUT2D eigenvalue weighted by Crippen LogP contribution is 2.55. The molecule has 23 heteroatoms. The third-order valence-corrected chi connectivity index (χ3v) is 21.2. The summed E-state index contributed by atoms with van der Waals surface area (Å²) >= 11 is 12.1. The quantitative estimate of drug-likeness (QED) is 0.118. The van der Waals surface area contributed by atoms with Crippen LogP contribution in [0.15, 0.2) is 124 Å². The smallest absolute Gasteiger partial charge is 0.269 e. The first-order valence-corrected chi connectivity index (χ1v) is 28.9. The van der Waals surface area contributed by atoms with E-state index in [0.717, 1.165) is 91.8 Å². The summed E-state index contributed by atoms with van der Waals surface area (Å²) in [6.07, 6.45) is 15.7. The van der Waals surface area contributed by atoms with Crippen molar-refractivity contribution in [3.63, 3.8) is 0 Å². The number of sulfonamides is 2. The van der Waals surface area contributed by atoms with Crippen molar-refractivity contribution >= 4 is 86.9 Å². The molecule has 0 saturated heterocycles. The second-order valence-electron chi connectivity index (χ2n) is 20.0. The fourth-order valence-corrected chi connectivity index (χ4v) is 16.7. The number of nitrogens with one attached hydrogen (secondary N) is 3. The lowest BCUT2D eigenvalue weighted by Gasteiger charge is -2.52. The van der Waals surface area contributed by atoms with Crippen LogP contribution in [0.2, 0.25) is 10.0 Å². The molecule has 6 aromatic heterocycles. The Hall–Kier alpha value is -5.81. The fraction of sp³-hybridized carbons (Fsp3) is 0.347. The molecule has 0 aliphatic heterocycles. The zero-order valence-electron chi connectivity index (χ0n) is 38.8. The second kappa shape index (κ2) is 16.9. The molecule has 3 aromatic carbocycles. The number of halogens is 2. The lowest BCUT2D eigenvalue weighted by molar-refractivity contribution is 0.0882. The predicted molar refractivity (Wildman–Crippen MR) is 270 cm³/mol. The van der Waals surface area contributed by atoms with Gasteiger partial charge in [0.2, 0.25) is 20.0 Å². The van der Waals surface area contributed by atoms with Gasteiger partial charge in [-0.2, -0.15) is 0 Å². The van der Waals surface area contributed by atoms with Gasteiger partial charge in [-0.3, -0.25) is 8.80 Å². The van der Waals surface area contributed by atoms with Crippen LogP contribution in [0, 0.1) is 6.92 Å². The summed E-state index contributed by atoms with van der Waals surface area (Å²) in [5.74, 6) is 1.72. The van der Waals surface area contributed by atoms with E-state index in [2.05, 4.69) is 49.2 Å². The molecule has 4 bridgehead atoms. The van der Waals surface area contributed by atoms with E-state index in [-0.39, 0.29) is 25.5 Å². The molecule has 18 nitrogen and oxygen atoms in total. The molecule has 0 spiro atoms. The summed E-state index contributed by atoms with van der Waals surface area (Å²) < 4.78 is 90.7. The number of H-pyrrole nitrogens is 1. The highest BCUT2D eigenvalue weighted by molar-refractivity contribution is 7.90. The molecule has 3 N–H and O–H groups in total. The lowest BCUT2D eigenvalue weighted by atomic mass is 9.57. The summed E-state index contributed by atoms with van der Waals surface area (Å²) in [5.41, 5.74) is 3.55. The van der Waals surface area contributed by atoms with Crippen LogP contribution in [0.25, 0.3) is 33.6 Å². The molecule has 9 aromatic rings.